The summed E-state index contributed by atoms with van der Waals surface area (Å²) in [5.74, 6) is 0.653. The molecule has 2 aromatic rings. The molecule has 2 aromatic carbocycles. The van der Waals surface area contributed by atoms with Gasteiger partial charge < -0.3 is 20.3 Å². The molecule has 0 bridgehead atoms. The van der Waals surface area contributed by atoms with E-state index in [1.807, 2.05) is 81.4 Å². The van der Waals surface area contributed by atoms with Crippen LogP contribution in [0.4, 0.5) is 21.9 Å². The first-order valence-corrected chi connectivity index (χ1v) is 7.57. The van der Waals surface area contributed by atoms with Gasteiger partial charge in [-0.25, -0.2) is 4.79 Å². The molecule has 0 radical (unpaired) electrons. The van der Waals surface area contributed by atoms with Gasteiger partial charge in [-0.2, -0.15) is 0 Å². The van der Waals surface area contributed by atoms with E-state index in [9.17, 15) is 4.79 Å². The van der Waals surface area contributed by atoms with Crippen LogP contribution < -0.4 is 20.3 Å². The molecule has 5 heteroatoms. The molecular weight excluding hydrogens is 290 g/mol. The summed E-state index contributed by atoms with van der Waals surface area (Å²) < 4.78 is 5.69. The zero-order valence-corrected chi connectivity index (χ0v) is 14.0. The van der Waals surface area contributed by atoms with Gasteiger partial charge in [0.15, 0.2) is 0 Å². The van der Waals surface area contributed by atoms with Gasteiger partial charge in [0.25, 0.3) is 0 Å². The minimum Gasteiger partial charge on any atom is -0.489 e. The summed E-state index contributed by atoms with van der Waals surface area (Å²) in [7, 11) is 3.95. The van der Waals surface area contributed by atoms with Crippen LogP contribution in [0.1, 0.15) is 13.8 Å². The smallest absolute Gasteiger partial charge is 0.323 e. The lowest BCUT2D eigenvalue weighted by atomic mass is 10.2. The van der Waals surface area contributed by atoms with Gasteiger partial charge >= 0.3 is 6.03 Å². The van der Waals surface area contributed by atoms with E-state index in [2.05, 4.69) is 10.6 Å². The summed E-state index contributed by atoms with van der Waals surface area (Å²) in [5.41, 5.74) is 2.45. The van der Waals surface area contributed by atoms with Gasteiger partial charge in [0.05, 0.1) is 11.8 Å². The summed E-state index contributed by atoms with van der Waals surface area (Å²) in [5, 5.41) is 5.63. The van der Waals surface area contributed by atoms with Gasteiger partial charge in [0, 0.05) is 25.5 Å². The number of nitrogens with one attached hydrogen (secondary N) is 2. The molecule has 0 spiro atoms. The Balaban J connectivity index is 2.02. The van der Waals surface area contributed by atoms with E-state index in [4.69, 9.17) is 4.74 Å². The number of ether oxygens (including phenoxy) is 1. The SMILES string of the molecule is CC(C)Oc1ccccc1NC(=O)Nc1ccc(N(C)C)cc1. The minimum atomic E-state index is -0.303. The minimum absolute atomic E-state index is 0.0413. The number of para-hydroxylation sites is 2. The van der Waals surface area contributed by atoms with Crippen molar-refractivity contribution in [1.82, 2.24) is 0 Å². The molecule has 0 aliphatic carbocycles. The fourth-order valence-electron chi connectivity index (χ4n) is 2.05. The Morgan fingerprint density at radius 1 is 1.00 bits per heavy atom. The van der Waals surface area contributed by atoms with Crippen molar-refractivity contribution in [3.05, 3.63) is 48.5 Å². The molecule has 0 unspecified atom stereocenters. The van der Waals surface area contributed by atoms with Gasteiger partial charge in [0.1, 0.15) is 5.75 Å². The van der Waals surface area contributed by atoms with Crippen LogP contribution >= 0.6 is 0 Å². The Labute approximate surface area is 137 Å². The van der Waals surface area contributed by atoms with Crippen LogP contribution in [0, 0.1) is 0 Å². The standard InChI is InChI=1S/C18H23N3O2/c1-13(2)23-17-8-6-5-7-16(17)20-18(22)19-14-9-11-15(12-10-14)21(3)4/h5-13H,1-4H3,(H2,19,20,22). The van der Waals surface area contributed by atoms with E-state index in [1.54, 1.807) is 0 Å². The fraction of sp³-hybridized carbons (Fsp3) is 0.278. The third kappa shape index (κ3) is 4.92. The highest BCUT2D eigenvalue weighted by Gasteiger charge is 2.09. The van der Waals surface area contributed by atoms with E-state index in [0.29, 0.717) is 11.4 Å². The molecule has 5 nitrogen and oxygen atoms in total. The molecule has 2 rings (SSSR count). The van der Waals surface area contributed by atoms with Gasteiger partial charge in [-0.1, -0.05) is 12.1 Å². The molecule has 0 aromatic heterocycles. The van der Waals surface area contributed by atoms with E-state index >= 15 is 0 Å². The zero-order chi connectivity index (χ0) is 16.8. The molecule has 0 fully saturated rings. The Bertz CT molecular complexity index is 652. The lowest BCUT2D eigenvalue weighted by Crippen LogP contribution is -2.20. The van der Waals surface area contributed by atoms with Crippen LogP contribution in [0.2, 0.25) is 0 Å². The second kappa shape index (κ2) is 7.54. The highest BCUT2D eigenvalue weighted by atomic mass is 16.5. The molecule has 0 heterocycles. The van der Waals surface area contributed by atoms with Gasteiger partial charge in [-0.05, 0) is 50.2 Å². The fourth-order valence-corrected chi connectivity index (χ4v) is 2.05. The molecule has 2 amide bonds. The third-order valence-corrected chi connectivity index (χ3v) is 3.14. The second-order valence-corrected chi connectivity index (χ2v) is 5.68. The number of hydrogen-bond donors (Lipinski definition) is 2. The maximum absolute atomic E-state index is 12.2. The number of carbonyl (C=O) groups excluding carboxylic acids is 1. The number of amides is 2. The molecule has 0 atom stereocenters. The monoisotopic (exact) mass is 313 g/mol. The number of carbonyl (C=O) groups is 1. The maximum Gasteiger partial charge on any atom is 0.323 e. The van der Waals surface area contributed by atoms with Crippen LogP contribution in [0.25, 0.3) is 0 Å². The van der Waals surface area contributed by atoms with Crippen molar-refractivity contribution in [3.63, 3.8) is 0 Å². The Kier molecular flexibility index (Phi) is 5.46. The first-order chi connectivity index (χ1) is 11.0. The van der Waals surface area contributed by atoms with Gasteiger partial charge in [-0.15, -0.1) is 0 Å². The lowest BCUT2D eigenvalue weighted by molar-refractivity contribution is 0.243. The summed E-state index contributed by atoms with van der Waals surface area (Å²) in [6.45, 7) is 3.90. The van der Waals surface area contributed by atoms with Crippen molar-refractivity contribution in [2.45, 2.75) is 20.0 Å². The number of urea groups is 1. The number of nitrogens with zero attached hydrogens (tertiary/aromatic N) is 1. The van der Waals surface area contributed by atoms with Crippen LogP contribution in [-0.4, -0.2) is 26.2 Å². The van der Waals surface area contributed by atoms with Crippen molar-refractivity contribution in [3.8, 4) is 5.75 Å². The van der Waals surface area contributed by atoms with Crippen LogP contribution in [-0.2, 0) is 0 Å². The average Bonchev–Trinajstić information content (AvgIpc) is 2.49. The predicted octanol–water partition coefficient (Wildman–Crippen LogP) is 4.18. The maximum atomic E-state index is 12.2. The molecular formula is C18H23N3O2. The van der Waals surface area contributed by atoms with E-state index in [1.165, 1.54) is 0 Å². The van der Waals surface area contributed by atoms with Crippen molar-refractivity contribution < 1.29 is 9.53 Å². The molecule has 0 aliphatic rings. The third-order valence-electron chi connectivity index (χ3n) is 3.14. The van der Waals surface area contributed by atoms with Gasteiger partial charge in [-0.3, -0.25) is 0 Å². The number of benzene rings is 2. The normalized spacial score (nSPS) is 10.3. The Morgan fingerprint density at radius 2 is 1.65 bits per heavy atom. The van der Waals surface area contributed by atoms with E-state index in [-0.39, 0.29) is 12.1 Å². The summed E-state index contributed by atoms with van der Waals surface area (Å²) >= 11 is 0. The van der Waals surface area contributed by atoms with Crippen molar-refractivity contribution in [2.24, 2.45) is 0 Å². The first-order valence-electron chi connectivity index (χ1n) is 7.57. The number of rotatable bonds is 5. The van der Waals surface area contributed by atoms with Crippen LogP contribution in [0.15, 0.2) is 48.5 Å². The number of hydrogen-bond acceptors (Lipinski definition) is 3. The van der Waals surface area contributed by atoms with Crippen molar-refractivity contribution in [1.29, 1.82) is 0 Å². The van der Waals surface area contributed by atoms with E-state index < -0.39 is 0 Å². The Morgan fingerprint density at radius 3 is 2.26 bits per heavy atom. The highest BCUT2D eigenvalue weighted by Crippen LogP contribution is 2.25. The van der Waals surface area contributed by atoms with Gasteiger partial charge in [0.2, 0.25) is 0 Å². The molecule has 0 saturated carbocycles. The Hall–Kier alpha value is -2.69. The number of anilines is 3. The molecule has 0 saturated heterocycles. The second-order valence-electron chi connectivity index (χ2n) is 5.68. The highest BCUT2D eigenvalue weighted by molar-refractivity contribution is 6.00. The predicted molar refractivity (Wildman–Crippen MR) is 95.6 cm³/mol. The topological polar surface area (TPSA) is 53.6 Å². The molecule has 122 valence electrons. The zero-order valence-electron chi connectivity index (χ0n) is 14.0. The van der Waals surface area contributed by atoms with Crippen molar-refractivity contribution >= 4 is 23.1 Å². The largest absolute Gasteiger partial charge is 0.489 e. The molecule has 23 heavy (non-hydrogen) atoms. The van der Waals surface area contributed by atoms with Crippen molar-refractivity contribution in [2.75, 3.05) is 29.6 Å². The quantitative estimate of drug-likeness (QED) is 0.870. The molecule has 0 aliphatic heterocycles. The summed E-state index contributed by atoms with van der Waals surface area (Å²) in [4.78, 5) is 14.2. The first kappa shape index (κ1) is 16.7. The lowest BCUT2D eigenvalue weighted by Gasteiger charge is -2.16. The summed E-state index contributed by atoms with van der Waals surface area (Å²) in [6.07, 6.45) is 0.0413. The van der Waals surface area contributed by atoms with Crippen LogP contribution in [0.5, 0.6) is 5.75 Å². The summed E-state index contributed by atoms with van der Waals surface area (Å²) in [6, 6.07) is 14.7. The average molecular weight is 313 g/mol. The molecule has 2 N–H and O–H groups in total. The van der Waals surface area contributed by atoms with E-state index in [0.717, 1.165) is 11.4 Å². The van der Waals surface area contributed by atoms with Crippen LogP contribution in [0.3, 0.4) is 0 Å².